The molecule has 35 heavy (non-hydrogen) atoms. The summed E-state index contributed by atoms with van der Waals surface area (Å²) in [5.74, 6) is 2.37. The molecule has 1 amide bonds. The molecule has 7 nitrogen and oxygen atoms in total. The van der Waals surface area contributed by atoms with E-state index in [4.69, 9.17) is 9.72 Å². The molecule has 0 bridgehead atoms. The van der Waals surface area contributed by atoms with Gasteiger partial charge in [-0.05, 0) is 55.8 Å². The molecule has 2 aliphatic rings. The Kier molecular flexibility index (Phi) is 7.35. The first-order valence-corrected chi connectivity index (χ1v) is 12.9. The van der Waals surface area contributed by atoms with Gasteiger partial charge in [0.25, 0.3) is 0 Å². The molecular weight excluding hydrogens is 438 g/mol. The van der Waals surface area contributed by atoms with Gasteiger partial charge >= 0.3 is 0 Å². The van der Waals surface area contributed by atoms with Crippen LogP contribution in [0, 0.1) is 5.92 Å². The maximum Gasteiger partial charge on any atom is 0.227 e. The van der Waals surface area contributed by atoms with Crippen molar-refractivity contribution < 1.29 is 9.53 Å². The SMILES string of the molecule is CCN1CCN(C(=O)[C@H]2CCCN(Cc3nc4ccccc4n3Cc3ccc(OC)cc3)C2)CC1. The zero-order valence-electron chi connectivity index (χ0n) is 21.0. The van der Waals surface area contributed by atoms with Crippen molar-refractivity contribution in [3.63, 3.8) is 0 Å². The van der Waals surface area contributed by atoms with Gasteiger partial charge in [0.15, 0.2) is 0 Å². The summed E-state index contributed by atoms with van der Waals surface area (Å²) in [6.45, 7) is 10.3. The Balaban J connectivity index is 1.30. The Morgan fingerprint density at radius 2 is 1.74 bits per heavy atom. The molecule has 3 heterocycles. The molecule has 0 aliphatic carbocycles. The normalized spacial score (nSPS) is 19.8. The third-order valence-electron chi connectivity index (χ3n) is 7.58. The van der Waals surface area contributed by atoms with Crippen LogP contribution in [0.15, 0.2) is 48.5 Å². The van der Waals surface area contributed by atoms with E-state index in [1.165, 1.54) is 5.56 Å². The smallest absolute Gasteiger partial charge is 0.227 e. The van der Waals surface area contributed by atoms with E-state index < -0.39 is 0 Å². The average molecular weight is 476 g/mol. The number of aromatic nitrogens is 2. The number of para-hydroxylation sites is 2. The number of amides is 1. The summed E-state index contributed by atoms with van der Waals surface area (Å²) in [5.41, 5.74) is 3.39. The molecule has 0 unspecified atom stereocenters. The van der Waals surface area contributed by atoms with Crippen LogP contribution in [0.25, 0.3) is 11.0 Å². The zero-order chi connectivity index (χ0) is 24.2. The van der Waals surface area contributed by atoms with Gasteiger partial charge in [0, 0.05) is 39.3 Å². The summed E-state index contributed by atoms with van der Waals surface area (Å²) in [6.07, 6.45) is 2.05. The molecule has 0 spiro atoms. The van der Waals surface area contributed by atoms with E-state index in [0.29, 0.717) is 5.91 Å². The fraction of sp³-hybridized carbons (Fsp3) is 0.500. The van der Waals surface area contributed by atoms with E-state index in [1.54, 1.807) is 7.11 Å². The molecule has 3 aromatic rings. The molecule has 7 heteroatoms. The van der Waals surface area contributed by atoms with Crippen LogP contribution >= 0.6 is 0 Å². The standard InChI is InChI=1S/C28H37N5O2/c1-3-30-15-17-32(18-16-30)28(34)23-7-6-14-31(20-23)21-27-29-25-8-4-5-9-26(25)33(27)19-22-10-12-24(35-2)13-11-22/h4-5,8-13,23H,3,6-7,14-21H2,1-2H3/t23-/m0/s1. The van der Waals surface area contributed by atoms with E-state index in [2.05, 4.69) is 56.5 Å². The van der Waals surface area contributed by atoms with E-state index in [9.17, 15) is 4.79 Å². The number of piperidine rings is 1. The molecule has 1 atom stereocenters. The second-order valence-electron chi connectivity index (χ2n) is 9.78. The molecule has 2 saturated heterocycles. The highest BCUT2D eigenvalue weighted by Crippen LogP contribution is 2.24. The third-order valence-corrected chi connectivity index (χ3v) is 7.58. The summed E-state index contributed by atoms with van der Waals surface area (Å²) < 4.78 is 7.65. The van der Waals surface area contributed by atoms with Crippen molar-refractivity contribution in [2.45, 2.75) is 32.9 Å². The predicted molar refractivity (Wildman–Crippen MR) is 139 cm³/mol. The minimum absolute atomic E-state index is 0.0938. The number of hydrogen-bond donors (Lipinski definition) is 0. The van der Waals surface area contributed by atoms with E-state index in [1.807, 2.05) is 18.2 Å². The van der Waals surface area contributed by atoms with Crippen molar-refractivity contribution in [2.24, 2.45) is 5.92 Å². The number of carbonyl (C=O) groups excluding carboxylic acids is 1. The minimum atomic E-state index is 0.0938. The van der Waals surface area contributed by atoms with E-state index in [0.717, 1.165) is 94.4 Å². The van der Waals surface area contributed by atoms with Crippen molar-refractivity contribution in [2.75, 3.05) is 52.9 Å². The van der Waals surface area contributed by atoms with E-state index >= 15 is 0 Å². The number of hydrogen-bond acceptors (Lipinski definition) is 5. The fourth-order valence-corrected chi connectivity index (χ4v) is 5.48. The molecule has 2 aromatic carbocycles. The number of carbonyl (C=O) groups is 1. The van der Waals surface area contributed by atoms with Gasteiger partial charge < -0.3 is 19.1 Å². The van der Waals surface area contributed by atoms with Crippen molar-refractivity contribution in [3.8, 4) is 5.75 Å². The van der Waals surface area contributed by atoms with Crippen molar-refractivity contribution in [1.82, 2.24) is 24.3 Å². The van der Waals surface area contributed by atoms with Crippen LogP contribution < -0.4 is 4.74 Å². The van der Waals surface area contributed by atoms with Crippen LogP contribution in [-0.4, -0.2) is 83.1 Å². The van der Waals surface area contributed by atoms with Crippen LogP contribution in [0.2, 0.25) is 0 Å². The maximum atomic E-state index is 13.3. The van der Waals surface area contributed by atoms with Crippen LogP contribution in [0.3, 0.4) is 0 Å². The number of methoxy groups -OCH3 is 1. The van der Waals surface area contributed by atoms with Gasteiger partial charge in [0.2, 0.25) is 5.91 Å². The van der Waals surface area contributed by atoms with Crippen LogP contribution in [0.4, 0.5) is 0 Å². The Bertz CT molecular complexity index is 1130. The maximum absolute atomic E-state index is 13.3. The lowest BCUT2D eigenvalue weighted by molar-refractivity contribution is -0.139. The lowest BCUT2D eigenvalue weighted by Crippen LogP contribution is -2.52. The number of nitrogens with zero attached hydrogens (tertiary/aromatic N) is 5. The zero-order valence-corrected chi connectivity index (χ0v) is 21.0. The molecule has 0 radical (unpaired) electrons. The molecular formula is C28H37N5O2. The highest BCUT2D eigenvalue weighted by Gasteiger charge is 2.31. The highest BCUT2D eigenvalue weighted by atomic mass is 16.5. The summed E-state index contributed by atoms with van der Waals surface area (Å²) in [7, 11) is 1.69. The van der Waals surface area contributed by atoms with Crippen molar-refractivity contribution >= 4 is 16.9 Å². The van der Waals surface area contributed by atoms with Gasteiger partial charge in [-0.25, -0.2) is 4.98 Å². The van der Waals surface area contributed by atoms with Crippen molar-refractivity contribution in [1.29, 1.82) is 0 Å². The largest absolute Gasteiger partial charge is 0.497 e. The Morgan fingerprint density at radius 3 is 2.49 bits per heavy atom. The quantitative estimate of drug-likeness (QED) is 0.524. The average Bonchev–Trinajstić information content (AvgIpc) is 3.25. The topological polar surface area (TPSA) is 53.8 Å². The number of imidazole rings is 1. The first-order chi connectivity index (χ1) is 17.1. The fourth-order valence-electron chi connectivity index (χ4n) is 5.48. The minimum Gasteiger partial charge on any atom is -0.497 e. The number of likely N-dealkylation sites (tertiary alicyclic amines) is 1. The first-order valence-electron chi connectivity index (χ1n) is 12.9. The number of rotatable bonds is 7. The van der Waals surface area contributed by atoms with Gasteiger partial charge in [0.1, 0.15) is 11.6 Å². The predicted octanol–water partition coefficient (Wildman–Crippen LogP) is 3.47. The van der Waals surface area contributed by atoms with Gasteiger partial charge in [-0.3, -0.25) is 9.69 Å². The number of ether oxygens (including phenoxy) is 1. The summed E-state index contributed by atoms with van der Waals surface area (Å²) in [5, 5.41) is 0. The van der Waals surface area contributed by atoms with Crippen LogP contribution in [0.5, 0.6) is 5.75 Å². The second kappa shape index (κ2) is 10.8. The number of piperazine rings is 1. The van der Waals surface area contributed by atoms with Gasteiger partial charge in [-0.15, -0.1) is 0 Å². The van der Waals surface area contributed by atoms with Crippen molar-refractivity contribution in [3.05, 3.63) is 59.9 Å². The lowest BCUT2D eigenvalue weighted by Gasteiger charge is -2.38. The lowest BCUT2D eigenvalue weighted by atomic mass is 9.96. The number of benzene rings is 2. The van der Waals surface area contributed by atoms with Crippen LogP contribution in [0.1, 0.15) is 31.2 Å². The Hall–Kier alpha value is -2.90. The van der Waals surface area contributed by atoms with Crippen LogP contribution in [-0.2, 0) is 17.9 Å². The first kappa shape index (κ1) is 23.8. The van der Waals surface area contributed by atoms with Gasteiger partial charge in [0.05, 0.1) is 30.6 Å². The highest BCUT2D eigenvalue weighted by molar-refractivity contribution is 5.79. The molecule has 0 N–H and O–H groups in total. The van der Waals surface area contributed by atoms with Gasteiger partial charge in [-0.1, -0.05) is 31.2 Å². The summed E-state index contributed by atoms with van der Waals surface area (Å²) in [6, 6.07) is 16.6. The molecule has 0 saturated carbocycles. The molecule has 2 fully saturated rings. The molecule has 2 aliphatic heterocycles. The molecule has 1 aromatic heterocycles. The molecule has 5 rings (SSSR count). The Labute approximate surface area is 208 Å². The van der Waals surface area contributed by atoms with E-state index in [-0.39, 0.29) is 5.92 Å². The third kappa shape index (κ3) is 5.36. The summed E-state index contributed by atoms with van der Waals surface area (Å²) >= 11 is 0. The monoisotopic (exact) mass is 475 g/mol. The number of fused-ring (bicyclic) bond motifs is 1. The summed E-state index contributed by atoms with van der Waals surface area (Å²) in [4.78, 5) is 25.3. The second-order valence-corrected chi connectivity index (χ2v) is 9.78. The number of likely N-dealkylation sites (N-methyl/N-ethyl adjacent to an activating group) is 1. The van der Waals surface area contributed by atoms with Gasteiger partial charge in [-0.2, -0.15) is 0 Å². The Morgan fingerprint density at radius 1 is 0.971 bits per heavy atom. The molecule has 186 valence electrons.